The molecule has 1 aliphatic rings. The standard InChI is InChI=1S/C12H15F2NO/c1-16-11-3-2-8(4-10(11)13)5-12(14)6-9(15)7-12/h2-4,9H,5-7,15H2,1H3. The molecule has 2 nitrogen and oxygen atoms in total. The predicted octanol–water partition coefficient (Wildman–Crippen LogP) is 2.21. The van der Waals surface area contributed by atoms with Crippen molar-refractivity contribution in [3.05, 3.63) is 29.6 Å². The Bertz CT molecular complexity index is 389. The lowest BCUT2D eigenvalue weighted by Gasteiger charge is -2.39. The van der Waals surface area contributed by atoms with E-state index in [1.165, 1.54) is 19.2 Å². The smallest absolute Gasteiger partial charge is 0.165 e. The average molecular weight is 227 g/mol. The molecule has 4 heteroatoms. The molecule has 0 unspecified atom stereocenters. The van der Waals surface area contributed by atoms with Gasteiger partial charge in [-0.3, -0.25) is 0 Å². The van der Waals surface area contributed by atoms with Gasteiger partial charge in [0.15, 0.2) is 11.6 Å². The number of methoxy groups -OCH3 is 1. The van der Waals surface area contributed by atoms with E-state index in [4.69, 9.17) is 10.5 Å². The number of hydrogen-bond acceptors (Lipinski definition) is 2. The molecule has 1 fully saturated rings. The van der Waals surface area contributed by atoms with Gasteiger partial charge in [0.1, 0.15) is 5.67 Å². The third-order valence-corrected chi connectivity index (χ3v) is 2.99. The van der Waals surface area contributed by atoms with E-state index >= 15 is 0 Å². The van der Waals surface area contributed by atoms with Gasteiger partial charge < -0.3 is 10.5 Å². The number of nitrogens with two attached hydrogens (primary N) is 1. The predicted molar refractivity (Wildman–Crippen MR) is 57.7 cm³/mol. The topological polar surface area (TPSA) is 35.2 Å². The molecule has 0 heterocycles. The second kappa shape index (κ2) is 4.01. The Labute approximate surface area is 93.4 Å². The average Bonchev–Trinajstić information content (AvgIpc) is 2.15. The van der Waals surface area contributed by atoms with Gasteiger partial charge in [-0.1, -0.05) is 6.07 Å². The Kier molecular flexibility index (Phi) is 2.84. The highest BCUT2D eigenvalue weighted by Crippen LogP contribution is 2.38. The van der Waals surface area contributed by atoms with E-state index in [-0.39, 0.29) is 18.2 Å². The minimum absolute atomic E-state index is 0.0481. The minimum Gasteiger partial charge on any atom is -0.494 e. The summed E-state index contributed by atoms with van der Waals surface area (Å²) in [4.78, 5) is 0. The first-order valence-electron chi connectivity index (χ1n) is 5.29. The van der Waals surface area contributed by atoms with Gasteiger partial charge in [-0.15, -0.1) is 0 Å². The molecular formula is C12H15F2NO. The van der Waals surface area contributed by atoms with Crippen LogP contribution in [0.4, 0.5) is 8.78 Å². The lowest BCUT2D eigenvalue weighted by Crippen LogP contribution is -2.49. The van der Waals surface area contributed by atoms with Gasteiger partial charge in [0.05, 0.1) is 7.11 Å². The number of hydrogen-bond donors (Lipinski definition) is 1. The summed E-state index contributed by atoms with van der Waals surface area (Å²) in [6.45, 7) is 0. The maximum absolute atomic E-state index is 13.9. The summed E-state index contributed by atoms with van der Waals surface area (Å²) in [6.07, 6.45) is 0.947. The largest absolute Gasteiger partial charge is 0.494 e. The third kappa shape index (κ3) is 2.16. The Morgan fingerprint density at radius 1 is 1.50 bits per heavy atom. The highest BCUT2D eigenvalue weighted by Gasteiger charge is 2.42. The quantitative estimate of drug-likeness (QED) is 0.859. The van der Waals surface area contributed by atoms with Crippen LogP contribution in [0.2, 0.25) is 0 Å². The van der Waals surface area contributed by atoms with E-state index in [0.717, 1.165) is 0 Å². The second-order valence-corrected chi connectivity index (χ2v) is 4.46. The SMILES string of the molecule is COc1ccc(CC2(F)CC(N)C2)cc1F. The van der Waals surface area contributed by atoms with Gasteiger partial charge in [-0.05, 0) is 30.5 Å². The van der Waals surface area contributed by atoms with Crippen LogP contribution in [0.1, 0.15) is 18.4 Å². The van der Waals surface area contributed by atoms with Crippen molar-refractivity contribution in [2.75, 3.05) is 7.11 Å². The van der Waals surface area contributed by atoms with Crippen LogP contribution in [0.25, 0.3) is 0 Å². The van der Waals surface area contributed by atoms with Gasteiger partial charge in [0.25, 0.3) is 0 Å². The van der Waals surface area contributed by atoms with E-state index in [9.17, 15) is 8.78 Å². The van der Waals surface area contributed by atoms with Crippen molar-refractivity contribution in [1.29, 1.82) is 0 Å². The third-order valence-electron chi connectivity index (χ3n) is 2.99. The Hall–Kier alpha value is -1.16. The molecular weight excluding hydrogens is 212 g/mol. The number of alkyl halides is 1. The molecule has 0 aromatic heterocycles. The number of benzene rings is 1. The molecule has 1 saturated carbocycles. The fraction of sp³-hybridized carbons (Fsp3) is 0.500. The summed E-state index contributed by atoms with van der Waals surface area (Å²) in [5.74, 6) is -0.269. The molecule has 0 aliphatic heterocycles. The zero-order chi connectivity index (χ0) is 11.8. The summed E-state index contributed by atoms with van der Waals surface area (Å²) in [5.41, 5.74) is 4.95. The van der Waals surface area contributed by atoms with Crippen molar-refractivity contribution in [3.8, 4) is 5.75 Å². The van der Waals surface area contributed by atoms with Gasteiger partial charge in [0, 0.05) is 12.5 Å². The van der Waals surface area contributed by atoms with Crippen LogP contribution in [0.15, 0.2) is 18.2 Å². The van der Waals surface area contributed by atoms with Gasteiger partial charge in [-0.25, -0.2) is 8.78 Å². The van der Waals surface area contributed by atoms with Crippen LogP contribution in [0.3, 0.4) is 0 Å². The molecule has 0 saturated heterocycles. The van der Waals surface area contributed by atoms with Crippen molar-refractivity contribution in [2.24, 2.45) is 5.73 Å². The zero-order valence-electron chi connectivity index (χ0n) is 9.17. The Morgan fingerprint density at radius 2 is 2.19 bits per heavy atom. The summed E-state index contributed by atoms with van der Waals surface area (Å²) >= 11 is 0. The molecule has 1 aromatic carbocycles. The lowest BCUT2D eigenvalue weighted by atomic mass is 9.74. The van der Waals surface area contributed by atoms with Crippen LogP contribution >= 0.6 is 0 Å². The molecule has 1 aliphatic carbocycles. The van der Waals surface area contributed by atoms with Crippen LogP contribution in [0, 0.1) is 5.82 Å². The molecule has 0 bridgehead atoms. The molecule has 1 aromatic rings. The van der Waals surface area contributed by atoms with E-state index in [1.807, 2.05) is 0 Å². The number of rotatable bonds is 3. The number of halogens is 2. The maximum Gasteiger partial charge on any atom is 0.165 e. The highest BCUT2D eigenvalue weighted by molar-refractivity contribution is 5.30. The summed E-state index contributed by atoms with van der Waals surface area (Å²) in [6, 6.07) is 4.48. The normalized spacial score (nSPS) is 28.6. The van der Waals surface area contributed by atoms with Crippen LogP contribution in [0.5, 0.6) is 5.75 Å². The molecule has 0 amide bonds. The van der Waals surface area contributed by atoms with Gasteiger partial charge in [-0.2, -0.15) is 0 Å². The van der Waals surface area contributed by atoms with E-state index in [2.05, 4.69) is 0 Å². The van der Waals surface area contributed by atoms with Crippen molar-refractivity contribution < 1.29 is 13.5 Å². The molecule has 0 radical (unpaired) electrons. The molecule has 0 atom stereocenters. The summed E-state index contributed by atoms with van der Waals surface area (Å²) in [7, 11) is 1.40. The monoisotopic (exact) mass is 227 g/mol. The summed E-state index contributed by atoms with van der Waals surface area (Å²) in [5, 5.41) is 0. The van der Waals surface area contributed by atoms with Crippen molar-refractivity contribution in [1.82, 2.24) is 0 Å². The van der Waals surface area contributed by atoms with E-state index in [0.29, 0.717) is 18.4 Å². The van der Waals surface area contributed by atoms with Crippen molar-refractivity contribution in [3.63, 3.8) is 0 Å². The second-order valence-electron chi connectivity index (χ2n) is 4.46. The lowest BCUT2D eigenvalue weighted by molar-refractivity contribution is 0.0444. The first kappa shape index (κ1) is 11.3. The molecule has 2 N–H and O–H groups in total. The van der Waals surface area contributed by atoms with Crippen LogP contribution in [-0.2, 0) is 6.42 Å². The van der Waals surface area contributed by atoms with E-state index in [1.54, 1.807) is 6.07 Å². The first-order chi connectivity index (χ1) is 7.52. The van der Waals surface area contributed by atoms with Gasteiger partial charge in [0.2, 0.25) is 0 Å². The number of ether oxygens (including phenoxy) is 1. The van der Waals surface area contributed by atoms with E-state index < -0.39 is 11.5 Å². The Balaban J connectivity index is 2.08. The fourth-order valence-electron chi connectivity index (χ4n) is 2.21. The molecule has 16 heavy (non-hydrogen) atoms. The van der Waals surface area contributed by atoms with Gasteiger partial charge >= 0.3 is 0 Å². The van der Waals surface area contributed by atoms with Crippen molar-refractivity contribution >= 4 is 0 Å². The fourth-order valence-corrected chi connectivity index (χ4v) is 2.21. The Morgan fingerprint density at radius 3 is 2.69 bits per heavy atom. The van der Waals surface area contributed by atoms with Crippen molar-refractivity contribution in [2.45, 2.75) is 31.0 Å². The first-order valence-corrected chi connectivity index (χ1v) is 5.29. The molecule has 0 spiro atoms. The van der Waals surface area contributed by atoms with Crippen LogP contribution in [-0.4, -0.2) is 18.8 Å². The zero-order valence-corrected chi connectivity index (χ0v) is 9.17. The van der Waals surface area contributed by atoms with Crippen LogP contribution < -0.4 is 10.5 Å². The maximum atomic E-state index is 13.9. The highest BCUT2D eigenvalue weighted by atomic mass is 19.1. The molecule has 88 valence electrons. The minimum atomic E-state index is -1.25. The molecule has 2 rings (SSSR count). The summed E-state index contributed by atoms with van der Waals surface area (Å²) < 4.78 is 32.1.